The molecule has 1 rings (SSSR count). The summed E-state index contributed by atoms with van der Waals surface area (Å²) in [5.74, 6) is 0. The molecule has 1 heterocycles. The fourth-order valence-corrected chi connectivity index (χ4v) is 3.81. The summed E-state index contributed by atoms with van der Waals surface area (Å²) < 4.78 is 0.745. The highest BCUT2D eigenvalue weighted by molar-refractivity contribution is 5.49. The molecule has 0 bridgehead atoms. The summed E-state index contributed by atoms with van der Waals surface area (Å²) in [7, 11) is 0. The minimum absolute atomic E-state index is 0.231. The minimum Gasteiger partial charge on any atom is -0.390 e. The Bertz CT molecular complexity index is 367. The van der Waals surface area contributed by atoms with Crippen LogP contribution in [0.1, 0.15) is 103 Å². The molecule has 0 aromatic rings. The first-order valence-electron chi connectivity index (χ1n) is 11.5. The highest BCUT2D eigenvalue weighted by atomic mass is 16.3. The summed E-state index contributed by atoms with van der Waals surface area (Å²) in [6.07, 6.45) is 27.5. The van der Waals surface area contributed by atoms with Gasteiger partial charge in [0.25, 0.3) is 0 Å². The molecular weight excluding hydrogens is 320 g/mol. The first-order chi connectivity index (χ1) is 12.8. The molecule has 0 aromatic carbocycles. The van der Waals surface area contributed by atoms with Crippen LogP contribution in [0.2, 0.25) is 0 Å². The van der Waals surface area contributed by atoms with E-state index in [1.54, 1.807) is 0 Å². The van der Waals surface area contributed by atoms with Gasteiger partial charge in [0.15, 0.2) is 6.34 Å². The maximum Gasteiger partial charge on any atom is 0.190 e. The number of aliphatic hydroxyl groups is 1. The van der Waals surface area contributed by atoms with Gasteiger partial charge >= 0.3 is 0 Å². The maximum atomic E-state index is 9.22. The number of rotatable bonds is 18. The molecule has 0 saturated carbocycles. The van der Waals surface area contributed by atoms with Crippen molar-refractivity contribution in [2.24, 2.45) is 4.99 Å². The predicted octanol–water partition coefficient (Wildman–Crippen LogP) is 6.22. The van der Waals surface area contributed by atoms with Crippen molar-refractivity contribution < 1.29 is 9.59 Å². The van der Waals surface area contributed by atoms with Gasteiger partial charge in [0.05, 0.1) is 19.4 Å². The molecule has 3 heteroatoms. The van der Waals surface area contributed by atoms with Crippen molar-refractivity contribution in [3.63, 3.8) is 0 Å². The third-order valence-corrected chi connectivity index (χ3v) is 5.60. The number of hydrogen-bond acceptors (Lipinski definition) is 2. The normalized spacial score (nSPS) is 19.8. The Balaban J connectivity index is 1.83. The van der Waals surface area contributed by atoms with E-state index in [0.29, 0.717) is 0 Å². The maximum absolute atomic E-state index is 9.22. The minimum atomic E-state index is 0.231. The van der Waals surface area contributed by atoms with Crippen LogP contribution in [0.3, 0.4) is 0 Å². The average Bonchev–Trinajstić information content (AvgIpc) is 3.10. The number of aliphatic imine (C=N–C) groups is 1. The smallest absolute Gasteiger partial charge is 0.190 e. The quantitative estimate of drug-likeness (QED) is 0.227. The number of nitrogens with zero attached hydrogens (tertiary/aromatic N) is 2. The van der Waals surface area contributed by atoms with Gasteiger partial charge in [-0.2, -0.15) is 0 Å². The van der Waals surface area contributed by atoms with Gasteiger partial charge in [0.2, 0.25) is 0 Å². The van der Waals surface area contributed by atoms with E-state index in [9.17, 15) is 5.11 Å². The topological polar surface area (TPSA) is 32.6 Å². The van der Waals surface area contributed by atoms with E-state index in [1.165, 1.54) is 89.9 Å². The molecule has 26 heavy (non-hydrogen) atoms. The van der Waals surface area contributed by atoms with Crippen LogP contribution in [0, 0.1) is 0 Å². The molecule has 0 fully saturated rings. The number of quaternary nitrogens is 1. The molecule has 0 aliphatic carbocycles. The Morgan fingerprint density at radius 3 is 1.85 bits per heavy atom. The van der Waals surface area contributed by atoms with Crippen LogP contribution < -0.4 is 0 Å². The molecule has 1 N–H and O–H groups in total. The number of aliphatic hydroxyl groups excluding tert-OH is 1. The van der Waals surface area contributed by atoms with Crippen molar-refractivity contribution in [2.45, 2.75) is 103 Å². The summed E-state index contributed by atoms with van der Waals surface area (Å²) >= 11 is 0. The van der Waals surface area contributed by atoms with E-state index in [4.69, 9.17) is 0 Å². The van der Waals surface area contributed by atoms with Crippen molar-refractivity contribution in [3.05, 3.63) is 12.3 Å². The van der Waals surface area contributed by atoms with Crippen molar-refractivity contribution >= 4 is 6.34 Å². The zero-order chi connectivity index (χ0) is 18.8. The van der Waals surface area contributed by atoms with Crippen LogP contribution in [0.5, 0.6) is 0 Å². The zero-order valence-electron chi connectivity index (χ0n) is 17.5. The van der Waals surface area contributed by atoms with Crippen LogP contribution in [0.15, 0.2) is 17.3 Å². The van der Waals surface area contributed by atoms with Crippen LogP contribution in [0.4, 0.5) is 0 Å². The largest absolute Gasteiger partial charge is 0.390 e. The summed E-state index contributed by atoms with van der Waals surface area (Å²) in [6, 6.07) is 0. The van der Waals surface area contributed by atoms with Crippen LogP contribution in [-0.2, 0) is 0 Å². The molecule has 1 aliphatic heterocycles. The number of allylic oxidation sites excluding steroid dienone is 1. The zero-order valence-corrected chi connectivity index (χ0v) is 17.5. The Labute approximate surface area is 163 Å². The van der Waals surface area contributed by atoms with E-state index in [0.717, 1.165) is 30.5 Å². The van der Waals surface area contributed by atoms with Gasteiger partial charge in [-0.1, -0.05) is 90.4 Å². The van der Waals surface area contributed by atoms with E-state index < -0.39 is 0 Å². The molecule has 152 valence electrons. The number of hydrogen-bond donors (Lipinski definition) is 1. The van der Waals surface area contributed by atoms with Crippen LogP contribution in [0.25, 0.3) is 0 Å². The second-order valence-corrected chi connectivity index (χ2v) is 8.07. The standard InChI is InChI=1S/C23H45N2O/c1-2-3-4-5-6-7-8-9-10-11-12-13-14-15-16-17-19-25(21-22-26)20-18-24-23-25/h17,19,23,26H,2-16,18,20-22H2,1H3/q+1. The molecule has 0 spiro atoms. The lowest BCUT2D eigenvalue weighted by molar-refractivity contribution is -0.775. The van der Waals surface area contributed by atoms with Gasteiger partial charge < -0.3 is 5.11 Å². The molecule has 0 radical (unpaired) electrons. The molecule has 0 saturated heterocycles. The van der Waals surface area contributed by atoms with Gasteiger partial charge in [0.1, 0.15) is 13.1 Å². The first kappa shape index (κ1) is 23.4. The highest BCUT2D eigenvalue weighted by Gasteiger charge is 2.25. The van der Waals surface area contributed by atoms with Crippen LogP contribution in [-0.4, -0.2) is 42.2 Å². The Morgan fingerprint density at radius 1 is 0.846 bits per heavy atom. The fourth-order valence-electron chi connectivity index (χ4n) is 3.81. The second kappa shape index (κ2) is 16.5. The van der Waals surface area contributed by atoms with E-state index in [2.05, 4.69) is 24.2 Å². The lowest BCUT2D eigenvalue weighted by atomic mass is 10.0. The van der Waals surface area contributed by atoms with Gasteiger partial charge in [-0.25, -0.2) is 4.99 Å². The second-order valence-electron chi connectivity index (χ2n) is 8.07. The number of unbranched alkanes of at least 4 members (excludes halogenated alkanes) is 14. The Morgan fingerprint density at radius 2 is 1.38 bits per heavy atom. The Kier molecular flexibility index (Phi) is 14.8. The molecular formula is C23H45N2O+. The van der Waals surface area contributed by atoms with Crippen molar-refractivity contribution in [3.8, 4) is 0 Å². The lowest BCUT2D eigenvalue weighted by Gasteiger charge is -2.24. The predicted molar refractivity (Wildman–Crippen MR) is 115 cm³/mol. The summed E-state index contributed by atoms with van der Waals surface area (Å²) in [5.41, 5.74) is 0. The Hall–Kier alpha value is -0.670. The summed E-state index contributed by atoms with van der Waals surface area (Å²) in [4.78, 5) is 4.33. The van der Waals surface area contributed by atoms with Crippen molar-refractivity contribution in [2.75, 3.05) is 26.2 Å². The van der Waals surface area contributed by atoms with E-state index in [1.807, 2.05) is 6.34 Å². The summed E-state index contributed by atoms with van der Waals surface area (Å²) in [6.45, 7) is 5.18. The third kappa shape index (κ3) is 11.9. The molecule has 1 aliphatic rings. The van der Waals surface area contributed by atoms with Gasteiger partial charge in [0, 0.05) is 0 Å². The molecule has 0 aromatic heterocycles. The van der Waals surface area contributed by atoms with Crippen molar-refractivity contribution in [1.29, 1.82) is 0 Å². The van der Waals surface area contributed by atoms with E-state index in [-0.39, 0.29) is 6.61 Å². The molecule has 3 nitrogen and oxygen atoms in total. The SMILES string of the molecule is CCCCCCCCCCCCCCCCC=C[N+]1(CCO)C=NCC1. The fraction of sp³-hybridized carbons (Fsp3) is 0.870. The lowest BCUT2D eigenvalue weighted by Crippen LogP contribution is -2.42. The van der Waals surface area contributed by atoms with Gasteiger partial charge in [-0.3, -0.25) is 4.48 Å². The van der Waals surface area contributed by atoms with E-state index >= 15 is 0 Å². The first-order valence-corrected chi connectivity index (χ1v) is 11.5. The van der Waals surface area contributed by atoms with Gasteiger partial charge in [-0.15, -0.1) is 0 Å². The molecule has 0 amide bonds. The van der Waals surface area contributed by atoms with Gasteiger partial charge in [-0.05, 0) is 18.9 Å². The molecule has 1 unspecified atom stereocenters. The van der Waals surface area contributed by atoms with Crippen LogP contribution >= 0.6 is 0 Å². The monoisotopic (exact) mass is 365 g/mol. The summed E-state index contributed by atoms with van der Waals surface area (Å²) in [5, 5.41) is 9.22. The average molecular weight is 366 g/mol. The highest BCUT2D eigenvalue weighted by Crippen LogP contribution is 2.14. The third-order valence-electron chi connectivity index (χ3n) is 5.60. The molecule has 1 atom stereocenters. The van der Waals surface area contributed by atoms with Crippen molar-refractivity contribution in [1.82, 2.24) is 0 Å².